The average Bonchev–Trinajstić information content (AvgIpc) is 2.47. The van der Waals surface area contributed by atoms with Crippen molar-refractivity contribution in [1.29, 1.82) is 0 Å². The van der Waals surface area contributed by atoms with Gasteiger partial charge in [-0.1, -0.05) is 41.1 Å². The van der Waals surface area contributed by atoms with Crippen molar-refractivity contribution in [1.82, 2.24) is 4.90 Å². The van der Waals surface area contributed by atoms with Crippen LogP contribution in [0.15, 0.2) is 28.7 Å². The average molecular weight is 354 g/mol. The van der Waals surface area contributed by atoms with Gasteiger partial charge in [0.25, 0.3) is 0 Å². The summed E-state index contributed by atoms with van der Waals surface area (Å²) in [5.74, 6) is -0.786. The molecule has 0 radical (unpaired) electrons. The van der Waals surface area contributed by atoms with Crippen LogP contribution >= 0.6 is 15.9 Å². The van der Waals surface area contributed by atoms with Crippen LogP contribution in [0.25, 0.3) is 0 Å². The van der Waals surface area contributed by atoms with Gasteiger partial charge in [-0.15, -0.1) is 0 Å². The molecule has 1 amide bonds. The molecule has 1 aromatic rings. The molecular weight excluding hydrogens is 334 g/mol. The Morgan fingerprint density at radius 1 is 1.33 bits per heavy atom. The predicted molar refractivity (Wildman–Crippen MR) is 84.1 cm³/mol. The number of benzene rings is 1. The van der Waals surface area contributed by atoms with E-state index in [1.807, 2.05) is 31.2 Å². The van der Waals surface area contributed by atoms with E-state index < -0.39 is 5.97 Å². The first-order chi connectivity index (χ1) is 9.99. The lowest BCUT2D eigenvalue weighted by atomic mass is 9.94. The van der Waals surface area contributed by atoms with Crippen LogP contribution in [-0.4, -0.2) is 35.0 Å². The van der Waals surface area contributed by atoms with Crippen molar-refractivity contribution >= 4 is 27.8 Å². The van der Waals surface area contributed by atoms with E-state index in [0.717, 1.165) is 10.0 Å². The van der Waals surface area contributed by atoms with E-state index in [1.165, 1.54) is 0 Å². The maximum absolute atomic E-state index is 12.3. The Hall–Kier alpha value is -1.36. The summed E-state index contributed by atoms with van der Waals surface area (Å²) < 4.78 is 1.02. The molecule has 21 heavy (non-hydrogen) atoms. The Bertz CT molecular complexity index is 524. The largest absolute Gasteiger partial charge is 0.481 e. The van der Waals surface area contributed by atoms with E-state index in [4.69, 9.17) is 5.11 Å². The van der Waals surface area contributed by atoms with Gasteiger partial charge in [0.15, 0.2) is 0 Å². The van der Waals surface area contributed by atoms with Gasteiger partial charge in [0.2, 0.25) is 5.91 Å². The first-order valence-electron chi connectivity index (χ1n) is 7.24. The minimum atomic E-state index is -0.747. The minimum Gasteiger partial charge on any atom is -0.481 e. The third-order valence-corrected chi connectivity index (χ3v) is 4.84. The standard InChI is InChI=1S/C16H20BrNO3/c1-11(13-4-2-3-5-14(13)17)10-15(19)18-8-6-12(7-9-18)16(20)21/h2-5,11-12H,6-10H2,1H3,(H,20,21)/t11-/m0/s1. The second kappa shape index (κ2) is 7.07. The number of hydrogen-bond donors (Lipinski definition) is 1. The van der Waals surface area contributed by atoms with Gasteiger partial charge in [-0.3, -0.25) is 9.59 Å². The fourth-order valence-corrected chi connectivity index (χ4v) is 3.43. The van der Waals surface area contributed by atoms with Crippen molar-refractivity contribution in [2.24, 2.45) is 5.92 Å². The van der Waals surface area contributed by atoms with Crippen molar-refractivity contribution in [3.63, 3.8) is 0 Å². The number of carbonyl (C=O) groups is 2. The Balaban J connectivity index is 1.90. The molecule has 1 aliphatic rings. The molecule has 5 heteroatoms. The highest BCUT2D eigenvalue weighted by atomic mass is 79.9. The van der Waals surface area contributed by atoms with E-state index in [0.29, 0.717) is 32.4 Å². The van der Waals surface area contributed by atoms with Gasteiger partial charge in [0.05, 0.1) is 5.92 Å². The highest BCUT2D eigenvalue weighted by Crippen LogP contribution is 2.28. The molecule has 114 valence electrons. The van der Waals surface area contributed by atoms with E-state index >= 15 is 0 Å². The Labute approximate surface area is 133 Å². The maximum atomic E-state index is 12.3. The van der Waals surface area contributed by atoms with Crippen LogP contribution in [0.5, 0.6) is 0 Å². The van der Waals surface area contributed by atoms with Gasteiger partial charge >= 0.3 is 5.97 Å². The lowest BCUT2D eigenvalue weighted by Crippen LogP contribution is -2.40. The molecule has 1 atom stereocenters. The summed E-state index contributed by atoms with van der Waals surface area (Å²) in [6, 6.07) is 7.94. The maximum Gasteiger partial charge on any atom is 0.306 e. The molecule has 0 aliphatic carbocycles. The zero-order valence-corrected chi connectivity index (χ0v) is 13.7. The number of nitrogens with zero attached hydrogens (tertiary/aromatic N) is 1. The van der Waals surface area contributed by atoms with E-state index in [9.17, 15) is 9.59 Å². The number of amides is 1. The van der Waals surface area contributed by atoms with Crippen LogP contribution in [0.2, 0.25) is 0 Å². The van der Waals surface area contributed by atoms with Crippen LogP contribution < -0.4 is 0 Å². The molecule has 1 fully saturated rings. The molecule has 1 saturated heterocycles. The van der Waals surface area contributed by atoms with Gasteiger partial charge in [-0.25, -0.2) is 0 Å². The zero-order valence-electron chi connectivity index (χ0n) is 12.1. The van der Waals surface area contributed by atoms with Gasteiger partial charge in [-0.05, 0) is 30.4 Å². The number of carbonyl (C=O) groups excluding carboxylic acids is 1. The molecule has 1 aliphatic heterocycles. The van der Waals surface area contributed by atoms with Gasteiger partial charge in [-0.2, -0.15) is 0 Å². The van der Waals surface area contributed by atoms with Crippen molar-refractivity contribution in [3.05, 3.63) is 34.3 Å². The second-order valence-corrected chi connectivity index (χ2v) is 6.47. The Morgan fingerprint density at radius 3 is 2.52 bits per heavy atom. The third kappa shape index (κ3) is 4.06. The summed E-state index contributed by atoms with van der Waals surface area (Å²) in [7, 11) is 0. The molecule has 0 bridgehead atoms. The summed E-state index contributed by atoms with van der Waals surface area (Å²) in [6.07, 6.45) is 1.58. The minimum absolute atomic E-state index is 0.113. The molecule has 2 rings (SSSR count). The molecule has 4 nitrogen and oxygen atoms in total. The number of carboxylic acid groups (broad SMARTS) is 1. The smallest absolute Gasteiger partial charge is 0.306 e. The summed E-state index contributed by atoms with van der Waals surface area (Å²) >= 11 is 3.52. The van der Waals surface area contributed by atoms with E-state index in [1.54, 1.807) is 4.90 Å². The number of halogens is 1. The van der Waals surface area contributed by atoms with Crippen LogP contribution in [0.3, 0.4) is 0 Å². The van der Waals surface area contributed by atoms with Crippen LogP contribution in [-0.2, 0) is 9.59 Å². The Morgan fingerprint density at radius 2 is 1.95 bits per heavy atom. The summed E-state index contributed by atoms with van der Waals surface area (Å²) in [5, 5.41) is 8.98. The lowest BCUT2D eigenvalue weighted by Gasteiger charge is -2.31. The van der Waals surface area contributed by atoms with Crippen LogP contribution in [0.4, 0.5) is 0 Å². The number of carboxylic acids is 1. The molecule has 0 saturated carbocycles. The SMILES string of the molecule is C[C@@H](CC(=O)N1CCC(C(=O)O)CC1)c1ccccc1Br. The summed E-state index contributed by atoms with van der Waals surface area (Å²) in [5.41, 5.74) is 1.13. The number of piperidine rings is 1. The van der Waals surface area contributed by atoms with Gasteiger partial charge in [0.1, 0.15) is 0 Å². The Kier molecular flexibility index (Phi) is 5.39. The van der Waals surface area contributed by atoms with E-state index in [2.05, 4.69) is 15.9 Å². The van der Waals surface area contributed by atoms with Crippen molar-refractivity contribution in [2.45, 2.75) is 32.1 Å². The van der Waals surface area contributed by atoms with E-state index in [-0.39, 0.29) is 17.7 Å². The summed E-state index contributed by atoms with van der Waals surface area (Å²) in [6.45, 7) is 3.15. The topological polar surface area (TPSA) is 57.6 Å². The molecule has 1 N–H and O–H groups in total. The van der Waals surface area contributed by atoms with Crippen molar-refractivity contribution < 1.29 is 14.7 Å². The fraction of sp³-hybridized carbons (Fsp3) is 0.500. The highest BCUT2D eigenvalue weighted by Gasteiger charge is 2.27. The van der Waals surface area contributed by atoms with Gasteiger partial charge < -0.3 is 10.0 Å². The van der Waals surface area contributed by atoms with Crippen LogP contribution in [0.1, 0.15) is 37.7 Å². The molecule has 1 aromatic carbocycles. The second-order valence-electron chi connectivity index (χ2n) is 5.62. The monoisotopic (exact) mass is 353 g/mol. The fourth-order valence-electron chi connectivity index (χ4n) is 2.75. The molecular formula is C16H20BrNO3. The summed E-state index contributed by atoms with van der Waals surface area (Å²) in [4.78, 5) is 25.1. The first-order valence-corrected chi connectivity index (χ1v) is 8.03. The van der Waals surface area contributed by atoms with Gasteiger partial charge in [0, 0.05) is 24.0 Å². The molecule has 0 aromatic heterocycles. The highest BCUT2D eigenvalue weighted by molar-refractivity contribution is 9.10. The van der Waals surface area contributed by atoms with Crippen molar-refractivity contribution in [2.75, 3.05) is 13.1 Å². The first kappa shape index (κ1) is 16.0. The van der Waals surface area contributed by atoms with Crippen LogP contribution in [0, 0.1) is 5.92 Å². The van der Waals surface area contributed by atoms with Crippen molar-refractivity contribution in [3.8, 4) is 0 Å². The number of aliphatic carboxylic acids is 1. The quantitative estimate of drug-likeness (QED) is 0.903. The molecule has 0 spiro atoms. The molecule has 1 heterocycles. The number of hydrogen-bond acceptors (Lipinski definition) is 2. The predicted octanol–water partition coefficient (Wildman–Crippen LogP) is 3.27. The zero-order chi connectivity index (χ0) is 15.4. The number of rotatable bonds is 4. The normalized spacial score (nSPS) is 17.5. The molecule has 0 unspecified atom stereocenters. The number of likely N-dealkylation sites (tertiary alicyclic amines) is 1. The third-order valence-electron chi connectivity index (χ3n) is 4.11. The lowest BCUT2D eigenvalue weighted by molar-refractivity contribution is -0.145.